The summed E-state index contributed by atoms with van der Waals surface area (Å²) in [5.41, 5.74) is 1.09. The van der Waals surface area contributed by atoms with Crippen LogP contribution in [0.25, 0.3) is 0 Å². The number of rotatable bonds is 6. The van der Waals surface area contributed by atoms with Crippen molar-refractivity contribution in [3.63, 3.8) is 0 Å². The number of hydrogen-bond donors (Lipinski definition) is 9. The van der Waals surface area contributed by atoms with E-state index in [-0.39, 0.29) is 13.2 Å². The van der Waals surface area contributed by atoms with Gasteiger partial charge in [0.05, 0.1) is 26.4 Å². The molecule has 0 saturated heterocycles. The van der Waals surface area contributed by atoms with Crippen LogP contribution < -0.4 is 0 Å². The Morgan fingerprint density at radius 1 is 0.889 bits per heavy atom. The summed E-state index contributed by atoms with van der Waals surface area (Å²) in [6, 6.07) is 7.15. The summed E-state index contributed by atoms with van der Waals surface area (Å²) in [4.78, 5) is 0. The van der Waals surface area contributed by atoms with E-state index >= 15 is 0 Å². The number of aryl methyl sites for hydroxylation is 1. The van der Waals surface area contributed by atoms with E-state index in [9.17, 15) is 0 Å². The first kappa shape index (κ1) is 30.2. The molecule has 1 rings (SSSR count). The van der Waals surface area contributed by atoms with Gasteiger partial charge in [0.2, 0.25) is 0 Å². The third kappa shape index (κ3) is 19.0. The zero-order valence-electron chi connectivity index (χ0n) is 15.8. The zero-order chi connectivity index (χ0) is 21.8. The zero-order valence-corrected chi connectivity index (χ0v) is 15.8. The fourth-order valence-electron chi connectivity index (χ4n) is 1.30. The smallest absolute Gasteiger partial charge is 0.115 e. The van der Waals surface area contributed by atoms with Gasteiger partial charge in [-0.05, 0) is 31.5 Å². The molecule has 0 aromatic heterocycles. The fourth-order valence-corrected chi connectivity index (χ4v) is 1.30. The predicted molar refractivity (Wildman–Crippen MR) is 101 cm³/mol. The topological polar surface area (TPSA) is 182 Å². The lowest BCUT2D eigenvalue weighted by molar-refractivity contribution is -0.123. The van der Waals surface area contributed by atoms with Gasteiger partial charge in [0.1, 0.15) is 30.2 Å². The molecule has 0 fully saturated rings. The van der Waals surface area contributed by atoms with Gasteiger partial charge in [-0.1, -0.05) is 18.2 Å². The third-order valence-corrected chi connectivity index (χ3v) is 2.61. The van der Waals surface area contributed by atoms with Crippen molar-refractivity contribution in [2.75, 3.05) is 26.4 Å². The number of hydrogen-bond acceptors (Lipinski definition) is 9. The lowest BCUT2D eigenvalue weighted by atomic mass is 10.0. The van der Waals surface area contributed by atoms with Gasteiger partial charge in [-0.25, -0.2) is 0 Å². The molecule has 0 aliphatic heterocycles. The molecule has 27 heavy (non-hydrogen) atoms. The monoisotopic (exact) mass is 394 g/mol. The van der Waals surface area contributed by atoms with Crippen molar-refractivity contribution in [2.24, 2.45) is 0 Å². The van der Waals surface area contributed by atoms with E-state index in [1.807, 2.05) is 26.0 Å². The summed E-state index contributed by atoms with van der Waals surface area (Å²) in [6.07, 6.45) is -4.64. The van der Waals surface area contributed by atoms with Crippen LogP contribution in [0.4, 0.5) is 0 Å². The summed E-state index contributed by atoms with van der Waals surface area (Å²) in [6.45, 7) is 5.49. The molecule has 0 spiro atoms. The van der Waals surface area contributed by atoms with E-state index in [2.05, 4.69) is 6.58 Å². The molecule has 0 aliphatic rings. The number of aliphatic hydroxyl groups is 8. The van der Waals surface area contributed by atoms with Crippen LogP contribution >= 0.6 is 0 Å². The van der Waals surface area contributed by atoms with Crippen LogP contribution in [0, 0.1) is 6.92 Å². The van der Waals surface area contributed by atoms with Crippen LogP contribution in [0.15, 0.2) is 36.9 Å². The average molecular weight is 394 g/mol. The highest BCUT2D eigenvalue weighted by atomic mass is 16.4. The molecule has 9 heteroatoms. The standard InChI is InChI=1S/C7H8O.C6H14O6.C3H6.C2H6O2/c1-6-3-2-4-7(8)5-6;7-1-3(9)5(11)6(12)4(10)2-8;1-3-2;3-1-2-4/h2-5,8H,1H3;3-12H,1-2H2;3H,1H2,2H3;3-4H,1-2H2/t;3-,4-,5-,6-;;/m.1../s1. The molecule has 0 heterocycles. The Morgan fingerprint density at radius 2 is 1.26 bits per heavy atom. The third-order valence-electron chi connectivity index (χ3n) is 2.61. The number of aliphatic hydroxyl groups excluding tert-OH is 8. The predicted octanol–water partition coefficient (Wildman–Crippen LogP) is -1.72. The number of benzene rings is 1. The van der Waals surface area contributed by atoms with Crippen LogP contribution in [0.5, 0.6) is 5.75 Å². The summed E-state index contributed by atoms with van der Waals surface area (Å²) >= 11 is 0. The van der Waals surface area contributed by atoms with Gasteiger partial charge in [0.15, 0.2) is 0 Å². The normalized spacial score (nSPS) is 13.9. The molecule has 4 atom stereocenters. The van der Waals surface area contributed by atoms with Crippen LogP contribution in [-0.4, -0.2) is 96.8 Å². The molecule has 1 aromatic carbocycles. The highest BCUT2D eigenvalue weighted by molar-refractivity contribution is 5.25. The number of phenols is 1. The molecule has 9 N–H and O–H groups in total. The van der Waals surface area contributed by atoms with Crippen LogP contribution in [0.1, 0.15) is 12.5 Å². The maximum Gasteiger partial charge on any atom is 0.115 e. The van der Waals surface area contributed by atoms with E-state index in [1.54, 1.807) is 18.2 Å². The molecule has 0 aliphatic carbocycles. The summed E-state index contributed by atoms with van der Waals surface area (Å²) in [5.74, 6) is 0.338. The van der Waals surface area contributed by atoms with Gasteiger partial charge in [-0.3, -0.25) is 0 Å². The first-order valence-corrected chi connectivity index (χ1v) is 8.14. The summed E-state index contributed by atoms with van der Waals surface area (Å²) in [7, 11) is 0. The van der Waals surface area contributed by atoms with E-state index < -0.39 is 37.6 Å². The van der Waals surface area contributed by atoms with Crippen LogP contribution in [0.2, 0.25) is 0 Å². The lowest BCUT2D eigenvalue weighted by Gasteiger charge is -2.24. The van der Waals surface area contributed by atoms with Crippen molar-refractivity contribution in [3.8, 4) is 5.75 Å². The van der Waals surface area contributed by atoms with Crippen molar-refractivity contribution >= 4 is 0 Å². The largest absolute Gasteiger partial charge is 0.508 e. The molecular weight excluding hydrogens is 360 g/mol. The molecule has 0 amide bonds. The van der Waals surface area contributed by atoms with E-state index in [1.165, 1.54) is 0 Å². The van der Waals surface area contributed by atoms with Gasteiger partial charge in [-0.2, -0.15) is 0 Å². The average Bonchev–Trinajstić information content (AvgIpc) is 2.66. The summed E-state index contributed by atoms with van der Waals surface area (Å²) in [5, 5.41) is 76.2. The molecule has 1 aromatic rings. The first-order chi connectivity index (χ1) is 12.7. The Kier molecular flexibility index (Phi) is 23.2. The number of aromatic hydroxyl groups is 1. The molecular formula is C18H34O9. The van der Waals surface area contributed by atoms with Gasteiger partial charge in [0, 0.05) is 0 Å². The van der Waals surface area contributed by atoms with Gasteiger partial charge in [0.25, 0.3) is 0 Å². The van der Waals surface area contributed by atoms with E-state index in [0.29, 0.717) is 5.75 Å². The van der Waals surface area contributed by atoms with Crippen molar-refractivity contribution < 1.29 is 46.0 Å². The quantitative estimate of drug-likeness (QED) is 0.253. The molecule has 0 radical (unpaired) electrons. The highest BCUT2D eigenvalue weighted by Gasteiger charge is 2.29. The Hall–Kier alpha value is -1.56. The number of allylic oxidation sites excluding steroid dienone is 1. The van der Waals surface area contributed by atoms with Crippen LogP contribution in [0.3, 0.4) is 0 Å². The second-order valence-electron chi connectivity index (χ2n) is 5.18. The molecule has 0 bridgehead atoms. The van der Waals surface area contributed by atoms with E-state index in [0.717, 1.165) is 5.56 Å². The van der Waals surface area contributed by atoms with Crippen molar-refractivity contribution in [1.29, 1.82) is 0 Å². The number of phenolic OH excluding ortho intramolecular Hbond substituents is 1. The lowest BCUT2D eigenvalue weighted by Crippen LogP contribution is -2.46. The van der Waals surface area contributed by atoms with Gasteiger partial charge in [-0.15, -0.1) is 6.58 Å². The highest BCUT2D eigenvalue weighted by Crippen LogP contribution is 2.08. The van der Waals surface area contributed by atoms with Gasteiger partial charge >= 0.3 is 0 Å². The van der Waals surface area contributed by atoms with Crippen molar-refractivity contribution in [3.05, 3.63) is 42.5 Å². The minimum Gasteiger partial charge on any atom is -0.508 e. The molecule has 9 nitrogen and oxygen atoms in total. The Bertz CT molecular complexity index is 409. The van der Waals surface area contributed by atoms with Crippen molar-refractivity contribution in [2.45, 2.75) is 38.3 Å². The molecule has 0 saturated carbocycles. The molecule has 0 unspecified atom stereocenters. The Labute approximate surface area is 159 Å². The van der Waals surface area contributed by atoms with Gasteiger partial charge < -0.3 is 46.0 Å². The Balaban J connectivity index is -0.000000328. The summed E-state index contributed by atoms with van der Waals surface area (Å²) < 4.78 is 0. The van der Waals surface area contributed by atoms with Crippen molar-refractivity contribution in [1.82, 2.24) is 0 Å². The maximum absolute atomic E-state index is 8.96. The SMILES string of the molecule is C=CC.Cc1cccc(O)c1.OCCO.OC[C@@H](O)[C@@H](O)[C@H](O)[C@H](O)CO. The Morgan fingerprint density at radius 3 is 1.44 bits per heavy atom. The minimum absolute atomic E-state index is 0.125. The van der Waals surface area contributed by atoms with Crippen LogP contribution in [-0.2, 0) is 0 Å². The second-order valence-corrected chi connectivity index (χ2v) is 5.18. The molecule has 160 valence electrons. The van der Waals surface area contributed by atoms with E-state index in [4.69, 9.17) is 46.0 Å². The first-order valence-electron chi connectivity index (χ1n) is 8.14. The minimum atomic E-state index is -1.67. The maximum atomic E-state index is 8.96. The second kappa shape index (κ2) is 20.7. The fraction of sp³-hybridized carbons (Fsp3) is 0.556.